The van der Waals surface area contributed by atoms with Crippen molar-refractivity contribution < 1.29 is 24.2 Å². The van der Waals surface area contributed by atoms with Gasteiger partial charge in [-0.25, -0.2) is 9.59 Å². The van der Waals surface area contributed by atoms with Crippen LogP contribution in [0.4, 0.5) is 4.79 Å². The van der Waals surface area contributed by atoms with E-state index < -0.39 is 18.1 Å². The number of carboxylic acids is 1. The Morgan fingerprint density at radius 3 is 2.80 bits per heavy atom. The van der Waals surface area contributed by atoms with Crippen LogP contribution in [-0.2, 0) is 20.9 Å². The molecule has 6 heteroatoms. The van der Waals surface area contributed by atoms with E-state index in [0.717, 1.165) is 5.56 Å². The summed E-state index contributed by atoms with van der Waals surface area (Å²) >= 11 is 0. The minimum Gasteiger partial charge on any atom is -0.480 e. The van der Waals surface area contributed by atoms with Crippen LogP contribution in [0.2, 0.25) is 0 Å². The van der Waals surface area contributed by atoms with Gasteiger partial charge < -0.3 is 14.6 Å². The van der Waals surface area contributed by atoms with E-state index in [0.29, 0.717) is 19.6 Å². The fourth-order valence-corrected chi connectivity index (χ4v) is 2.00. The van der Waals surface area contributed by atoms with Crippen LogP contribution in [0, 0.1) is 0 Å². The normalized spacial score (nSPS) is 19.2. The standard InChI is InChI=1S/C14H17NO5/c16-13(17)12-10-19-8-4-7-15(12)14(18)20-9-11-5-2-1-3-6-11/h1-3,5-6,12H,4,7-10H2,(H,16,17)/t12-/m1/s1. The van der Waals surface area contributed by atoms with Crippen LogP contribution in [0.25, 0.3) is 0 Å². The zero-order valence-electron chi connectivity index (χ0n) is 11.0. The minimum atomic E-state index is -1.08. The Bertz CT molecular complexity index is 462. The lowest BCUT2D eigenvalue weighted by Crippen LogP contribution is -2.47. The van der Waals surface area contributed by atoms with Crippen LogP contribution in [0.3, 0.4) is 0 Å². The Balaban J connectivity index is 1.96. The molecule has 1 amide bonds. The topological polar surface area (TPSA) is 76.1 Å². The minimum absolute atomic E-state index is 0.00420. The quantitative estimate of drug-likeness (QED) is 0.907. The molecule has 0 radical (unpaired) electrons. The summed E-state index contributed by atoms with van der Waals surface area (Å²) in [4.78, 5) is 24.4. The van der Waals surface area contributed by atoms with Crippen LogP contribution in [0.15, 0.2) is 30.3 Å². The number of carboxylic acid groups (broad SMARTS) is 1. The number of aliphatic carboxylic acids is 1. The highest BCUT2D eigenvalue weighted by atomic mass is 16.6. The highest BCUT2D eigenvalue weighted by Crippen LogP contribution is 2.11. The molecular formula is C14H17NO5. The maximum Gasteiger partial charge on any atom is 0.410 e. The van der Waals surface area contributed by atoms with Crippen molar-refractivity contribution in [1.29, 1.82) is 0 Å². The molecule has 1 aliphatic heterocycles. The third-order valence-corrected chi connectivity index (χ3v) is 3.06. The van der Waals surface area contributed by atoms with Crippen LogP contribution in [0.5, 0.6) is 0 Å². The van der Waals surface area contributed by atoms with Crippen molar-refractivity contribution >= 4 is 12.1 Å². The molecule has 1 N–H and O–H groups in total. The Labute approximate surface area is 116 Å². The van der Waals surface area contributed by atoms with E-state index in [1.54, 1.807) is 0 Å². The van der Waals surface area contributed by atoms with Gasteiger partial charge in [-0.1, -0.05) is 30.3 Å². The molecule has 0 bridgehead atoms. The van der Waals surface area contributed by atoms with Gasteiger partial charge in [-0.15, -0.1) is 0 Å². The van der Waals surface area contributed by atoms with Gasteiger partial charge in [-0.05, 0) is 12.0 Å². The van der Waals surface area contributed by atoms with E-state index in [2.05, 4.69) is 0 Å². The van der Waals surface area contributed by atoms with Crippen molar-refractivity contribution in [2.45, 2.75) is 19.1 Å². The van der Waals surface area contributed by atoms with Crippen LogP contribution in [0.1, 0.15) is 12.0 Å². The van der Waals surface area contributed by atoms with Gasteiger partial charge in [0.25, 0.3) is 0 Å². The third kappa shape index (κ3) is 3.71. The lowest BCUT2D eigenvalue weighted by molar-refractivity contribution is -0.144. The first-order valence-electron chi connectivity index (χ1n) is 6.46. The number of nitrogens with zero attached hydrogens (tertiary/aromatic N) is 1. The SMILES string of the molecule is O=C(O)[C@H]1COCCCN1C(=O)OCc1ccccc1. The third-order valence-electron chi connectivity index (χ3n) is 3.06. The molecule has 0 saturated carbocycles. The van der Waals surface area contributed by atoms with Gasteiger partial charge in [-0.2, -0.15) is 0 Å². The van der Waals surface area contributed by atoms with Gasteiger partial charge in [0.1, 0.15) is 6.61 Å². The number of hydrogen-bond acceptors (Lipinski definition) is 4. The molecule has 1 fully saturated rings. The van der Waals surface area contributed by atoms with Gasteiger partial charge >= 0.3 is 12.1 Å². The van der Waals surface area contributed by atoms with E-state index in [4.69, 9.17) is 14.6 Å². The zero-order valence-corrected chi connectivity index (χ0v) is 11.0. The van der Waals surface area contributed by atoms with E-state index in [1.807, 2.05) is 30.3 Å². The summed E-state index contributed by atoms with van der Waals surface area (Å²) in [7, 11) is 0. The van der Waals surface area contributed by atoms with E-state index in [9.17, 15) is 9.59 Å². The first-order chi connectivity index (χ1) is 9.68. The number of carbonyl (C=O) groups is 2. The van der Waals surface area contributed by atoms with E-state index in [-0.39, 0.29) is 13.2 Å². The molecule has 1 heterocycles. The molecule has 0 spiro atoms. The summed E-state index contributed by atoms with van der Waals surface area (Å²) in [5.41, 5.74) is 0.860. The summed E-state index contributed by atoms with van der Waals surface area (Å²) in [6.45, 7) is 0.899. The average molecular weight is 279 g/mol. The molecule has 2 rings (SSSR count). The zero-order chi connectivity index (χ0) is 14.4. The Hall–Kier alpha value is -2.08. The molecule has 1 saturated heterocycles. The highest BCUT2D eigenvalue weighted by Gasteiger charge is 2.32. The molecule has 6 nitrogen and oxygen atoms in total. The predicted octanol–water partition coefficient (Wildman–Crippen LogP) is 1.50. The molecule has 0 aromatic heterocycles. The van der Waals surface area contributed by atoms with Gasteiger partial charge in [-0.3, -0.25) is 4.90 Å². The molecule has 1 aliphatic rings. The summed E-state index contributed by atoms with van der Waals surface area (Å²) < 4.78 is 10.4. The maximum atomic E-state index is 12.0. The number of amides is 1. The Morgan fingerprint density at radius 1 is 1.35 bits per heavy atom. The largest absolute Gasteiger partial charge is 0.480 e. The van der Waals surface area contributed by atoms with Crippen LogP contribution in [-0.4, -0.2) is 47.9 Å². The van der Waals surface area contributed by atoms with Crippen molar-refractivity contribution in [2.75, 3.05) is 19.8 Å². The van der Waals surface area contributed by atoms with Crippen molar-refractivity contribution in [1.82, 2.24) is 4.90 Å². The summed E-state index contributed by atoms with van der Waals surface area (Å²) in [5.74, 6) is -1.08. The summed E-state index contributed by atoms with van der Waals surface area (Å²) in [6.07, 6.45) is -0.0173. The molecule has 1 aromatic rings. The second-order valence-electron chi connectivity index (χ2n) is 4.52. The summed E-state index contributed by atoms with van der Waals surface area (Å²) in [5, 5.41) is 9.14. The van der Waals surface area contributed by atoms with Crippen LogP contribution < -0.4 is 0 Å². The van der Waals surface area contributed by atoms with Crippen molar-refractivity contribution in [3.63, 3.8) is 0 Å². The predicted molar refractivity (Wildman–Crippen MR) is 70.2 cm³/mol. The number of rotatable bonds is 3. The molecule has 1 aromatic carbocycles. The fourth-order valence-electron chi connectivity index (χ4n) is 2.00. The number of benzene rings is 1. The first kappa shape index (κ1) is 14.3. The first-order valence-corrected chi connectivity index (χ1v) is 6.46. The lowest BCUT2D eigenvalue weighted by atomic mass is 10.2. The fraction of sp³-hybridized carbons (Fsp3) is 0.429. The van der Waals surface area contributed by atoms with E-state index >= 15 is 0 Å². The van der Waals surface area contributed by atoms with Gasteiger partial charge in [0, 0.05) is 13.2 Å². The van der Waals surface area contributed by atoms with Crippen molar-refractivity contribution in [3.8, 4) is 0 Å². The maximum absolute atomic E-state index is 12.0. The molecule has 20 heavy (non-hydrogen) atoms. The molecule has 0 unspecified atom stereocenters. The molecule has 0 aliphatic carbocycles. The number of hydrogen-bond donors (Lipinski definition) is 1. The Kier molecular flexibility index (Phi) is 4.95. The van der Waals surface area contributed by atoms with Crippen LogP contribution >= 0.6 is 0 Å². The second-order valence-corrected chi connectivity index (χ2v) is 4.52. The highest BCUT2D eigenvalue weighted by molar-refractivity contribution is 5.80. The number of ether oxygens (including phenoxy) is 2. The monoisotopic (exact) mass is 279 g/mol. The molecule has 108 valence electrons. The molecule has 1 atom stereocenters. The van der Waals surface area contributed by atoms with Crippen molar-refractivity contribution in [3.05, 3.63) is 35.9 Å². The lowest BCUT2D eigenvalue weighted by Gasteiger charge is -2.25. The number of carbonyl (C=O) groups excluding carboxylic acids is 1. The average Bonchev–Trinajstić information content (AvgIpc) is 2.71. The van der Waals surface area contributed by atoms with Gasteiger partial charge in [0.2, 0.25) is 0 Å². The van der Waals surface area contributed by atoms with E-state index in [1.165, 1.54) is 4.90 Å². The second kappa shape index (κ2) is 6.91. The molecular weight excluding hydrogens is 262 g/mol. The van der Waals surface area contributed by atoms with Gasteiger partial charge in [0.05, 0.1) is 6.61 Å². The van der Waals surface area contributed by atoms with Gasteiger partial charge in [0.15, 0.2) is 6.04 Å². The smallest absolute Gasteiger partial charge is 0.410 e. The van der Waals surface area contributed by atoms with Crippen molar-refractivity contribution in [2.24, 2.45) is 0 Å². The Morgan fingerprint density at radius 2 is 2.10 bits per heavy atom. The summed E-state index contributed by atoms with van der Waals surface area (Å²) in [6, 6.07) is 8.27.